The molecule has 0 saturated carbocycles. The highest BCUT2D eigenvalue weighted by Crippen LogP contribution is 2.48. The summed E-state index contributed by atoms with van der Waals surface area (Å²) in [6.07, 6.45) is 2.81. The molecule has 3 aliphatic rings. The molecule has 6 rings (SSSR count). The van der Waals surface area contributed by atoms with Gasteiger partial charge in [-0.05, 0) is 78.4 Å². The van der Waals surface area contributed by atoms with E-state index in [1.165, 1.54) is 34.6 Å². The van der Waals surface area contributed by atoms with Gasteiger partial charge in [-0.2, -0.15) is 13.2 Å². The Labute approximate surface area is 254 Å². The Hall–Kier alpha value is -3.96. The predicted molar refractivity (Wildman–Crippen MR) is 161 cm³/mol. The molecule has 0 bridgehead atoms. The monoisotopic (exact) mass is 624 g/mol. The third-order valence-corrected chi connectivity index (χ3v) is 10.4. The summed E-state index contributed by atoms with van der Waals surface area (Å²) in [4.78, 5) is 4.32. The normalized spacial score (nSPS) is 19.9. The van der Waals surface area contributed by atoms with Crippen molar-refractivity contribution < 1.29 is 26.0 Å². The molecule has 44 heavy (non-hydrogen) atoms. The van der Waals surface area contributed by atoms with Crippen LogP contribution in [0.3, 0.4) is 0 Å². The minimum Gasteiger partial charge on any atom is -0.301 e. The molecule has 11 heteroatoms. The Morgan fingerprint density at radius 1 is 1.05 bits per heavy atom. The highest BCUT2D eigenvalue weighted by Gasteiger charge is 2.40. The summed E-state index contributed by atoms with van der Waals surface area (Å²) < 4.78 is 83.9. The van der Waals surface area contributed by atoms with Crippen molar-refractivity contribution in [3.63, 3.8) is 0 Å². The Morgan fingerprint density at radius 3 is 2.52 bits per heavy atom. The summed E-state index contributed by atoms with van der Waals surface area (Å²) in [6.45, 7) is 2.36. The summed E-state index contributed by atoms with van der Waals surface area (Å²) >= 11 is 0. The van der Waals surface area contributed by atoms with Crippen LogP contribution in [-0.4, -0.2) is 30.8 Å². The molecule has 0 saturated heterocycles. The van der Waals surface area contributed by atoms with Crippen molar-refractivity contribution in [1.82, 2.24) is 14.7 Å². The van der Waals surface area contributed by atoms with E-state index in [1.54, 1.807) is 24.4 Å². The van der Waals surface area contributed by atoms with Crippen LogP contribution in [0.4, 0.5) is 23.2 Å². The van der Waals surface area contributed by atoms with Gasteiger partial charge in [0, 0.05) is 49.1 Å². The summed E-state index contributed by atoms with van der Waals surface area (Å²) in [5.41, 5.74) is 7.85. The Balaban J connectivity index is 1.29. The van der Waals surface area contributed by atoms with Crippen LogP contribution in [0.2, 0.25) is 0 Å². The van der Waals surface area contributed by atoms with E-state index in [2.05, 4.69) is 23.4 Å². The SMILES string of the molecule is C[C@H]1C2=CNN(c3ccc(F)cc3)C2=CC2=C1[C@@H](CN(CCc1ccccn1)S(=O)(=O)Cc1ccccc1C(F)(F)F)CC2. The van der Waals surface area contributed by atoms with Crippen LogP contribution >= 0.6 is 0 Å². The first-order chi connectivity index (χ1) is 21.0. The van der Waals surface area contributed by atoms with Crippen molar-refractivity contribution in [2.45, 2.75) is 38.1 Å². The van der Waals surface area contributed by atoms with Crippen molar-refractivity contribution in [1.29, 1.82) is 0 Å². The van der Waals surface area contributed by atoms with Gasteiger partial charge in [-0.3, -0.25) is 9.99 Å². The highest BCUT2D eigenvalue weighted by molar-refractivity contribution is 7.88. The van der Waals surface area contributed by atoms with E-state index in [9.17, 15) is 26.0 Å². The summed E-state index contributed by atoms with van der Waals surface area (Å²) in [5.74, 6) is -1.18. The quantitative estimate of drug-likeness (QED) is 0.267. The number of halogens is 4. The number of aromatic nitrogens is 1. The zero-order valence-corrected chi connectivity index (χ0v) is 24.9. The van der Waals surface area contributed by atoms with Crippen LogP contribution < -0.4 is 10.4 Å². The Morgan fingerprint density at radius 2 is 1.80 bits per heavy atom. The first kappa shape index (κ1) is 30.1. The molecule has 1 aliphatic heterocycles. The topological polar surface area (TPSA) is 65.5 Å². The van der Waals surface area contributed by atoms with Gasteiger partial charge >= 0.3 is 6.18 Å². The third kappa shape index (κ3) is 6.03. The molecule has 2 atom stereocenters. The van der Waals surface area contributed by atoms with E-state index in [4.69, 9.17) is 0 Å². The lowest BCUT2D eigenvalue weighted by atomic mass is 9.80. The second kappa shape index (κ2) is 11.9. The Kier molecular flexibility index (Phi) is 8.10. The molecule has 0 fully saturated rings. The van der Waals surface area contributed by atoms with E-state index < -0.39 is 27.5 Å². The number of hydrogen-bond donors (Lipinski definition) is 1. The summed E-state index contributed by atoms with van der Waals surface area (Å²) in [5, 5.41) is 1.91. The van der Waals surface area contributed by atoms with Gasteiger partial charge in [0.15, 0.2) is 0 Å². The van der Waals surface area contributed by atoms with Crippen molar-refractivity contribution in [2.75, 3.05) is 18.1 Å². The van der Waals surface area contributed by atoms with E-state index in [0.717, 1.165) is 47.0 Å². The number of nitrogens with one attached hydrogen (secondary N) is 1. The molecule has 0 radical (unpaired) electrons. The summed E-state index contributed by atoms with van der Waals surface area (Å²) in [7, 11) is -4.14. The largest absolute Gasteiger partial charge is 0.416 e. The first-order valence-corrected chi connectivity index (χ1v) is 16.1. The van der Waals surface area contributed by atoms with Crippen molar-refractivity contribution in [3.8, 4) is 0 Å². The number of benzene rings is 2. The van der Waals surface area contributed by atoms with Crippen molar-refractivity contribution in [2.24, 2.45) is 11.8 Å². The summed E-state index contributed by atoms with van der Waals surface area (Å²) in [6, 6.07) is 16.5. The number of pyridine rings is 1. The van der Waals surface area contributed by atoms with Crippen molar-refractivity contribution in [3.05, 3.63) is 130 Å². The average molecular weight is 625 g/mol. The van der Waals surface area contributed by atoms with Gasteiger partial charge in [0.05, 0.1) is 22.7 Å². The number of hydrazine groups is 1. The van der Waals surface area contributed by atoms with Crippen LogP contribution in [0.1, 0.15) is 36.6 Å². The number of nitrogens with zero attached hydrogens (tertiary/aromatic N) is 3. The zero-order valence-electron chi connectivity index (χ0n) is 24.1. The van der Waals surface area contributed by atoms with Crippen LogP contribution in [-0.2, 0) is 28.4 Å². The Bertz CT molecular complexity index is 1740. The molecule has 2 heterocycles. The molecule has 3 aromatic rings. The molecular weight excluding hydrogens is 592 g/mol. The number of sulfonamides is 1. The maximum atomic E-state index is 13.9. The van der Waals surface area contributed by atoms with E-state index in [0.29, 0.717) is 12.1 Å². The van der Waals surface area contributed by atoms with Gasteiger partial charge in [-0.25, -0.2) is 17.1 Å². The van der Waals surface area contributed by atoms with Gasteiger partial charge in [-0.15, -0.1) is 0 Å². The minimum atomic E-state index is -4.66. The molecule has 0 amide bonds. The lowest BCUT2D eigenvalue weighted by Gasteiger charge is -2.32. The molecule has 6 nitrogen and oxygen atoms in total. The second-order valence-electron chi connectivity index (χ2n) is 11.3. The first-order valence-electron chi connectivity index (χ1n) is 14.5. The molecule has 1 N–H and O–H groups in total. The molecule has 230 valence electrons. The molecular formula is C33H32F4N4O2S. The lowest BCUT2D eigenvalue weighted by Crippen LogP contribution is -2.39. The van der Waals surface area contributed by atoms with Crippen LogP contribution in [0.25, 0.3) is 0 Å². The average Bonchev–Trinajstić information content (AvgIpc) is 3.60. The van der Waals surface area contributed by atoms with Gasteiger partial charge < -0.3 is 5.43 Å². The number of alkyl halides is 3. The third-order valence-electron chi connectivity index (χ3n) is 8.61. The zero-order chi connectivity index (χ0) is 31.1. The van der Waals surface area contributed by atoms with Crippen LogP contribution in [0, 0.1) is 17.7 Å². The smallest absolute Gasteiger partial charge is 0.301 e. The molecule has 1 aromatic heterocycles. The van der Waals surface area contributed by atoms with Gasteiger partial charge in [0.25, 0.3) is 0 Å². The van der Waals surface area contributed by atoms with Crippen LogP contribution in [0.15, 0.2) is 108 Å². The molecule has 2 aromatic carbocycles. The molecule has 0 unspecified atom stereocenters. The standard InChI is InChI=1S/C33H32F4N4O2S/c1-22-29-19-39-41(28-13-11-26(34)12-14-28)31(29)18-23-9-10-24(32(22)23)20-40(17-15-27-7-4-5-16-38-27)44(42,43)21-25-6-2-3-8-30(25)33(35,36)37/h2-8,11-14,16,18-19,22,24,39H,9-10,15,17,20-21H2,1H3/t22-,24+/m0/s1. The fraction of sp³-hybridized carbons (Fsp3) is 0.303. The minimum absolute atomic E-state index is 0.0123. The number of rotatable bonds is 9. The fourth-order valence-corrected chi connectivity index (χ4v) is 8.10. The number of hydrogen-bond acceptors (Lipinski definition) is 5. The van der Waals surface area contributed by atoms with Crippen molar-refractivity contribution >= 4 is 15.7 Å². The van der Waals surface area contributed by atoms with Gasteiger partial charge in [0.2, 0.25) is 10.0 Å². The predicted octanol–water partition coefficient (Wildman–Crippen LogP) is 6.76. The maximum absolute atomic E-state index is 13.9. The lowest BCUT2D eigenvalue weighted by molar-refractivity contribution is -0.138. The van der Waals surface area contributed by atoms with E-state index in [1.807, 2.05) is 23.3 Å². The second-order valence-corrected chi connectivity index (χ2v) is 13.3. The van der Waals surface area contributed by atoms with Gasteiger partial charge in [0.1, 0.15) is 5.82 Å². The number of allylic oxidation sites excluding steroid dienone is 3. The maximum Gasteiger partial charge on any atom is 0.416 e. The van der Waals surface area contributed by atoms with E-state index >= 15 is 0 Å². The molecule has 0 spiro atoms. The highest BCUT2D eigenvalue weighted by atomic mass is 32.2. The van der Waals surface area contributed by atoms with Gasteiger partial charge in [-0.1, -0.05) is 36.8 Å². The number of anilines is 1. The van der Waals surface area contributed by atoms with E-state index in [-0.39, 0.29) is 36.3 Å². The fourth-order valence-electron chi connectivity index (χ4n) is 6.49. The van der Waals surface area contributed by atoms with Crippen LogP contribution in [0.5, 0.6) is 0 Å². The molecule has 2 aliphatic carbocycles. The number of fused-ring (bicyclic) bond motifs is 1.